The molecule has 3 nitrogen and oxygen atoms in total. The molecule has 0 radical (unpaired) electrons. The molecule has 76 valence electrons. The highest BCUT2D eigenvalue weighted by atomic mass is 16.3. The van der Waals surface area contributed by atoms with Crippen molar-refractivity contribution >= 4 is 5.78 Å². The highest BCUT2D eigenvalue weighted by Gasteiger charge is 2.10. The molecule has 0 bridgehead atoms. The van der Waals surface area contributed by atoms with Crippen molar-refractivity contribution in [1.29, 1.82) is 0 Å². The summed E-state index contributed by atoms with van der Waals surface area (Å²) in [7, 11) is 0. The summed E-state index contributed by atoms with van der Waals surface area (Å²) in [5.74, 6) is -0.0822. The summed E-state index contributed by atoms with van der Waals surface area (Å²) in [4.78, 5) is 11.4. The summed E-state index contributed by atoms with van der Waals surface area (Å²) in [5.41, 5.74) is 6.77. The van der Waals surface area contributed by atoms with E-state index in [4.69, 9.17) is 5.73 Å². The van der Waals surface area contributed by atoms with Gasteiger partial charge in [-0.3, -0.25) is 4.79 Å². The highest BCUT2D eigenvalue weighted by Crippen LogP contribution is 2.11. The first-order valence-corrected chi connectivity index (χ1v) is 4.64. The van der Waals surface area contributed by atoms with E-state index >= 15 is 0 Å². The Kier molecular flexibility index (Phi) is 3.80. The number of nitrogens with two attached hydrogens (primary N) is 1. The van der Waals surface area contributed by atoms with E-state index in [1.165, 1.54) is 0 Å². The fourth-order valence-corrected chi connectivity index (χ4v) is 1.40. The normalized spacial score (nSPS) is 12.5. The quantitative estimate of drug-likeness (QED) is 0.694. The lowest BCUT2D eigenvalue weighted by molar-refractivity contribution is 0.1000. The Balaban J connectivity index is 2.97. The van der Waals surface area contributed by atoms with E-state index in [9.17, 15) is 9.90 Å². The van der Waals surface area contributed by atoms with Gasteiger partial charge in [0.2, 0.25) is 0 Å². The zero-order chi connectivity index (χ0) is 10.6. The second-order valence-electron chi connectivity index (χ2n) is 3.34. The van der Waals surface area contributed by atoms with E-state index in [2.05, 4.69) is 0 Å². The van der Waals surface area contributed by atoms with Crippen molar-refractivity contribution in [2.45, 2.75) is 19.4 Å². The molecular formula is C11H15NO2. The second kappa shape index (κ2) is 4.88. The molecule has 0 aliphatic carbocycles. The van der Waals surface area contributed by atoms with Gasteiger partial charge in [-0.1, -0.05) is 24.3 Å². The third-order valence-electron chi connectivity index (χ3n) is 2.02. The maximum atomic E-state index is 11.4. The first kappa shape index (κ1) is 10.9. The molecule has 14 heavy (non-hydrogen) atoms. The first-order valence-electron chi connectivity index (χ1n) is 4.64. The van der Waals surface area contributed by atoms with Crippen LogP contribution in [0.25, 0.3) is 0 Å². The van der Waals surface area contributed by atoms with Crippen LogP contribution in [0.2, 0.25) is 0 Å². The minimum atomic E-state index is -0.443. The number of carbonyl (C=O) groups excluding carboxylic acids is 1. The third-order valence-corrected chi connectivity index (χ3v) is 2.02. The van der Waals surface area contributed by atoms with Crippen molar-refractivity contribution in [3.8, 4) is 0 Å². The molecule has 0 aromatic heterocycles. The molecule has 0 aliphatic heterocycles. The van der Waals surface area contributed by atoms with Crippen LogP contribution in [0.5, 0.6) is 0 Å². The Morgan fingerprint density at radius 1 is 1.50 bits per heavy atom. The van der Waals surface area contributed by atoms with Crippen LogP contribution in [0.3, 0.4) is 0 Å². The second-order valence-corrected chi connectivity index (χ2v) is 3.34. The lowest BCUT2D eigenvalue weighted by Crippen LogP contribution is -2.17. The topological polar surface area (TPSA) is 63.3 Å². The molecule has 3 N–H and O–H groups in total. The highest BCUT2D eigenvalue weighted by molar-refractivity contribution is 5.98. The van der Waals surface area contributed by atoms with Gasteiger partial charge in [0.25, 0.3) is 0 Å². The van der Waals surface area contributed by atoms with Gasteiger partial charge in [0.1, 0.15) is 0 Å². The maximum absolute atomic E-state index is 11.4. The lowest BCUT2D eigenvalue weighted by atomic mass is 9.99. The summed E-state index contributed by atoms with van der Waals surface area (Å²) in [6.07, 6.45) is 0.0452. The van der Waals surface area contributed by atoms with Crippen LogP contribution in [0.1, 0.15) is 22.8 Å². The summed E-state index contributed by atoms with van der Waals surface area (Å²) in [6.45, 7) is 1.71. The summed E-state index contributed by atoms with van der Waals surface area (Å²) in [6, 6.07) is 7.24. The van der Waals surface area contributed by atoms with E-state index < -0.39 is 6.10 Å². The molecule has 0 amide bonds. The number of aliphatic hydroxyl groups excluding tert-OH is 1. The van der Waals surface area contributed by atoms with Gasteiger partial charge in [-0.05, 0) is 18.9 Å². The molecule has 1 unspecified atom stereocenters. The summed E-state index contributed by atoms with van der Waals surface area (Å²) < 4.78 is 0. The number of aliphatic hydroxyl groups is 1. The Morgan fingerprint density at radius 3 is 2.71 bits per heavy atom. The molecule has 1 aromatic carbocycles. The monoisotopic (exact) mass is 193 g/mol. The predicted molar refractivity (Wildman–Crippen MR) is 55.2 cm³/mol. The van der Waals surface area contributed by atoms with Crippen molar-refractivity contribution in [2.75, 3.05) is 6.54 Å². The predicted octanol–water partition coefficient (Wildman–Crippen LogP) is 0.751. The number of Topliss-reactive ketones (excluding diaryl/α,β-unsaturated/α-hetero) is 1. The first-order chi connectivity index (χ1) is 6.65. The van der Waals surface area contributed by atoms with Crippen LogP contribution >= 0.6 is 0 Å². The number of rotatable bonds is 4. The molecule has 1 aromatic rings. The minimum absolute atomic E-state index is 0.0107. The van der Waals surface area contributed by atoms with Gasteiger partial charge in [0, 0.05) is 5.56 Å². The molecule has 3 heteroatoms. The molecule has 0 aliphatic rings. The third kappa shape index (κ3) is 2.65. The Morgan fingerprint density at radius 2 is 2.14 bits per heavy atom. The van der Waals surface area contributed by atoms with Gasteiger partial charge in [0.15, 0.2) is 5.78 Å². The summed E-state index contributed by atoms with van der Waals surface area (Å²) in [5, 5.41) is 9.24. The molecule has 0 spiro atoms. The average molecular weight is 193 g/mol. The Bertz CT molecular complexity index is 321. The van der Waals surface area contributed by atoms with Crippen molar-refractivity contribution in [1.82, 2.24) is 0 Å². The van der Waals surface area contributed by atoms with Crippen LogP contribution < -0.4 is 5.73 Å². The van der Waals surface area contributed by atoms with Crippen molar-refractivity contribution < 1.29 is 9.90 Å². The van der Waals surface area contributed by atoms with Crippen molar-refractivity contribution in [2.24, 2.45) is 5.73 Å². The van der Waals surface area contributed by atoms with E-state index in [1.54, 1.807) is 19.1 Å². The number of ketones is 1. The fraction of sp³-hybridized carbons (Fsp3) is 0.364. The van der Waals surface area contributed by atoms with Crippen LogP contribution in [-0.2, 0) is 6.42 Å². The molecule has 0 saturated carbocycles. The van der Waals surface area contributed by atoms with Crippen LogP contribution in [0.4, 0.5) is 0 Å². The largest absolute Gasteiger partial charge is 0.393 e. The number of carbonyl (C=O) groups is 1. The fourth-order valence-electron chi connectivity index (χ4n) is 1.40. The van der Waals surface area contributed by atoms with Gasteiger partial charge in [-0.15, -0.1) is 0 Å². The number of hydrogen-bond donors (Lipinski definition) is 2. The van der Waals surface area contributed by atoms with Gasteiger partial charge in [0.05, 0.1) is 12.6 Å². The zero-order valence-electron chi connectivity index (χ0n) is 8.23. The molecule has 1 atom stereocenters. The van der Waals surface area contributed by atoms with E-state index in [0.29, 0.717) is 12.0 Å². The van der Waals surface area contributed by atoms with Gasteiger partial charge in [-0.2, -0.15) is 0 Å². The molecule has 0 fully saturated rings. The van der Waals surface area contributed by atoms with Gasteiger partial charge in [-0.25, -0.2) is 0 Å². The smallest absolute Gasteiger partial charge is 0.176 e. The average Bonchev–Trinajstić information content (AvgIpc) is 2.16. The number of benzene rings is 1. The molecule has 0 saturated heterocycles. The van der Waals surface area contributed by atoms with Gasteiger partial charge < -0.3 is 10.8 Å². The SMILES string of the molecule is CC(O)Cc1ccccc1C(=O)CN. The molecule has 0 heterocycles. The van der Waals surface area contributed by atoms with Crippen LogP contribution in [0, 0.1) is 0 Å². The minimum Gasteiger partial charge on any atom is -0.393 e. The Labute approximate surface area is 83.6 Å². The van der Waals surface area contributed by atoms with Crippen LogP contribution in [-0.4, -0.2) is 23.5 Å². The number of hydrogen-bond acceptors (Lipinski definition) is 3. The van der Waals surface area contributed by atoms with E-state index in [0.717, 1.165) is 5.56 Å². The Hall–Kier alpha value is -1.19. The van der Waals surface area contributed by atoms with Crippen molar-refractivity contribution in [3.05, 3.63) is 35.4 Å². The summed E-state index contributed by atoms with van der Waals surface area (Å²) >= 11 is 0. The zero-order valence-corrected chi connectivity index (χ0v) is 8.23. The maximum Gasteiger partial charge on any atom is 0.176 e. The van der Waals surface area contributed by atoms with E-state index in [1.807, 2.05) is 12.1 Å². The molecule has 1 rings (SSSR count). The molecular weight excluding hydrogens is 178 g/mol. The standard InChI is InChI=1S/C11H15NO2/c1-8(13)6-9-4-2-3-5-10(9)11(14)7-12/h2-5,8,13H,6-7,12H2,1H3. The van der Waals surface area contributed by atoms with Gasteiger partial charge >= 0.3 is 0 Å². The van der Waals surface area contributed by atoms with Crippen molar-refractivity contribution in [3.63, 3.8) is 0 Å². The van der Waals surface area contributed by atoms with Crippen LogP contribution in [0.15, 0.2) is 24.3 Å². The lowest BCUT2D eigenvalue weighted by Gasteiger charge is -2.08. The van der Waals surface area contributed by atoms with E-state index in [-0.39, 0.29) is 12.3 Å².